The highest BCUT2D eigenvalue weighted by Crippen LogP contribution is 2.29. The Bertz CT molecular complexity index is 827. The van der Waals surface area contributed by atoms with Crippen molar-refractivity contribution in [2.45, 2.75) is 19.1 Å². The molecule has 1 aromatic carbocycles. The first kappa shape index (κ1) is 15.5. The Labute approximate surface area is 133 Å². The number of rotatable bonds is 3. The van der Waals surface area contributed by atoms with Crippen molar-refractivity contribution in [2.24, 2.45) is 0 Å². The Morgan fingerprint density at radius 1 is 1.22 bits per heavy atom. The van der Waals surface area contributed by atoms with Gasteiger partial charge in [0.05, 0.1) is 0 Å². The largest absolute Gasteiger partial charge is 0.435 e. The van der Waals surface area contributed by atoms with E-state index in [1.54, 1.807) is 31.2 Å². The summed E-state index contributed by atoms with van der Waals surface area (Å²) in [6.07, 6.45) is -3.28. The molecule has 0 N–H and O–H groups in total. The lowest BCUT2D eigenvalue weighted by molar-refractivity contribution is -0.141. The Kier molecular flexibility index (Phi) is 3.85. The van der Waals surface area contributed by atoms with Crippen LogP contribution in [0.25, 0.3) is 11.5 Å². The summed E-state index contributed by atoms with van der Waals surface area (Å²) in [5.74, 6) is 0.384. The zero-order chi connectivity index (χ0) is 16.6. The van der Waals surface area contributed by atoms with E-state index in [4.69, 9.17) is 16.0 Å². The topological polar surface area (TPSA) is 56.7 Å². The van der Waals surface area contributed by atoms with Crippen LogP contribution in [0.4, 0.5) is 13.2 Å². The van der Waals surface area contributed by atoms with E-state index in [1.807, 2.05) is 0 Å². The highest BCUT2D eigenvalue weighted by Gasteiger charge is 2.34. The normalized spacial score (nSPS) is 13.3. The summed E-state index contributed by atoms with van der Waals surface area (Å²) in [7, 11) is 0. The first-order chi connectivity index (χ1) is 10.8. The minimum absolute atomic E-state index is 0.150. The number of benzene rings is 1. The SMILES string of the molecule is C[C@H](c1nnc(-c2cccc(Cl)c2)o1)n1ccc(C(F)(F)F)n1. The van der Waals surface area contributed by atoms with Crippen molar-refractivity contribution in [1.29, 1.82) is 0 Å². The monoisotopic (exact) mass is 342 g/mol. The van der Waals surface area contributed by atoms with E-state index in [1.165, 1.54) is 6.20 Å². The molecule has 0 radical (unpaired) electrons. The summed E-state index contributed by atoms with van der Waals surface area (Å²) in [5, 5.41) is 11.8. The predicted molar refractivity (Wildman–Crippen MR) is 75.8 cm³/mol. The van der Waals surface area contributed by atoms with Crippen molar-refractivity contribution < 1.29 is 17.6 Å². The molecule has 23 heavy (non-hydrogen) atoms. The van der Waals surface area contributed by atoms with Crippen LogP contribution in [0.5, 0.6) is 0 Å². The standard InChI is InChI=1S/C14H10ClF3N4O/c1-8(22-6-5-11(21-22)14(16,17)18)12-19-20-13(23-12)9-3-2-4-10(15)7-9/h2-8H,1H3/t8-/m1/s1. The fraction of sp³-hybridized carbons (Fsp3) is 0.214. The van der Waals surface area contributed by atoms with E-state index in [-0.39, 0.29) is 11.8 Å². The maximum Gasteiger partial charge on any atom is 0.435 e. The zero-order valence-electron chi connectivity index (χ0n) is 11.8. The predicted octanol–water partition coefficient (Wildman–Crippen LogP) is 4.21. The van der Waals surface area contributed by atoms with Gasteiger partial charge in [-0.05, 0) is 31.2 Å². The minimum atomic E-state index is -4.49. The minimum Gasteiger partial charge on any atom is -0.418 e. The third kappa shape index (κ3) is 3.21. The van der Waals surface area contributed by atoms with E-state index >= 15 is 0 Å². The molecule has 2 aromatic heterocycles. The lowest BCUT2D eigenvalue weighted by atomic mass is 10.2. The number of halogens is 4. The number of alkyl halides is 3. The van der Waals surface area contributed by atoms with Crippen LogP contribution in [-0.4, -0.2) is 20.0 Å². The van der Waals surface area contributed by atoms with Crippen LogP contribution in [0.3, 0.4) is 0 Å². The summed E-state index contributed by atoms with van der Waals surface area (Å²) in [5.41, 5.74) is -0.348. The molecule has 120 valence electrons. The van der Waals surface area contributed by atoms with Gasteiger partial charge >= 0.3 is 6.18 Å². The quantitative estimate of drug-likeness (QED) is 0.715. The molecular formula is C14H10ClF3N4O. The van der Waals surface area contributed by atoms with Gasteiger partial charge in [-0.25, -0.2) is 0 Å². The number of hydrogen-bond acceptors (Lipinski definition) is 4. The van der Waals surface area contributed by atoms with E-state index in [9.17, 15) is 13.2 Å². The molecule has 0 amide bonds. The lowest BCUT2D eigenvalue weighted by Gasteiger charge is -2.07. The highest BCUT2D eigenvalue weighted by molar-refractivity contribution is 6.30. The molecule has 2 heterocycles. The van der Waals surface area contributed by atoms with Crippen molar-refractivity contribution in [1.82, 2.24) is 20.0 Å². The van der Waals surface area contributed by atoms with Gasteiger partial charge in [-0.15, -0.1) is 10.2 Å². The van der Waals surface area contributed by atoms with Gasteiger partial charge in [-0.3, -0.25) is 4.68 Å². The molecular weight excluding hydrogens is 333 g/mol. The maximum absolute atomic E-state index is 12.6. The Hall–Kier alpha value is -2.35. The molecule has 9 heteroatoms. The van der Waals surface area contributed by atoms with Crippen LogP contribution in [0, 0.1) is 0 Å². The smallest absolute Gasteiger partial charge is 0.418 e. The molecule has 1 atom stereocenters. The zero-order valence-corrected chi connectivity index (χ0v) is 12.5. The second-order valence-electron chi connectivity index (χ2n) is 4.81. The van der Waals surface area contributed by atoms with E-state index in [0.29, 0.717) is 10.6 Å². The summed E-state index contributed by atoms with van der Waals surface area (Å²) < 4.78 is 44.4. The molecule has 0 saturated carbocycles. The Morgan fingerprint density at radius 3 is 2.65 bits per heavy atom. The van der Waals surface area contributed by atoms with Crippen molar-refractivity contribution in [3.05, 3.63) is 53.1 Å². The Morgan fingerprint density at radius 2 is 2.00 bits per heavy atom. The Balaban J connectivity index is 1.86. The van der Waals surface area contributed by atoms with Gasteiger partial charge in [-0.2, -0.15) is 18.3 Å². The van der Waals surface area contributed by atoms with Crippen molar-refractivity contribution >= 4 is 11.6 Å². The summed E-state index contributed by atoms with van der Waals surface area (Å²) >= 11 is 5.89. The van der Waals surface area contributed by atoms with Crippen LogP contribution >= 0.6 is 11.6 Å². The molecule has 0 aliphatic heterocycles. The van der Waals surface area contributed by atoms with Gasteiger partial charge in [0.25, 0.3) is 0 Å². The van der Waals surface area contributed by atoms with Crippen LogP contribution in [-0.2, 0) is 6.18 Å². The van der Waals surface area contributed by atoms with Gasteiger partial charge in [0.1, 0.15) is 6.04 Å². The first-order valence-electron chi connectivity index (χ1n) is 6.56. The van der Waals surface area contributed by atoms with Gasteiger partial charge in [0.2, 0.25) is 11.8 Å². The number of aromatic nitrogens is 4. The van der Waals surface area contributed by atoms with E-state index < -0.39 is 17.9 Å². The fourth-order valence-corrected chi connectivity index (χ4v) is 2.15. The molecule has 0 aliphatic rings. The van der Waals surface area contributed by atoms with E-state index in [0.717, 1.165) is 10.7 Å². The number of hydrogen-bond donors (Lipinski definition) is 0. The first-order valence-corrected chi connectivity index (χ1v) is 6.94. The molecule has 0 fully saturated rings. The van der Waals surface area contributed by atoms with Gasteiger partial charge in [0, 0.05) is 16.8 Å². The van der Waals surface area contributed by atoms with Crippen LogP contribution in [0.2, 0.25) is 5.02 Å². The molecule has 0 spiro atoms. The van der Waals surface area contributed by atoms with Crippen molar-refractivity contribution in [2.75, 3.05) is 0 Å². The molecule has 0 saturated heterocycles. The van der Waals surface area contributed by atoms with Crippen LogP contribution in [0.15, 0.2) is 40.9 Å². The average molecular weight is 343 g/mol. The van der Waals surface area contributed by atoms with Gasteiger partial charge < -0.3 is 4.42 Å². The molecule has 5 nitrogen and oxygen atoms in total. The molecule has 3 aromatic rings. The van der Waals surface area contributed by atoms with Crippen molar-refractivity contribution in [3.63, 3.8) is 0 Å². The fourth-order valence-electron chi connectivity index (χ4n) is 1.96. The molecule has 0 unspecified atom stereocenters. The number of nitrogens with zero attached hydrogens (tertiary/aromatic N) is 4. The summed E-state index contributed by atoms with van der Waals surface area (Å²) in [6, 6.07) is 7.08. The second-order valence-corrected chi connectivity index (χ2v) is 5.25. The van der Waals surface area contributed by atoms with Gasteiger partial charge in [-0.1, -0.05) is 17.7 Å². The molecule has 0 bridgehead atoms. The highest BCUT2D eigenvalue weighted by atomic mass is 35.5. The van der Waals surface area contributed by atoms with Crippen molar-refractivity contribution in [3.8, 4) is 11.5 Å². The average Bonchev–Trinajstić information content (AvgIpc) is 3.16. The maximum atomic E-state index is 12.6. The molecule has 0 aliphatic carbocycles. The summed E-state index contributed by atoms with van der Waals surface area (Å²) in [6.45, 7) is 1.61. The third-order valence-electron chi connectivity index (χ3n) is 3.17. The second kappa shape index (κ2) is 5.69. The third-order valence-corrected chi connectivity index (χ3v) is 3.40. The van der Waals surface area contributed by atoms with Gasteiger partial charge in [0.15, 0.2) is 5.69 Å². The lowest BCUT2D eigenvalue weighted by Crippen LogP contribution is -2.11. The van der Waals surface area contributed by atoms with E-state index in [2.05, 4.69) is 15.3 Å². The molecule has 3 rings (SSSR count). The summed E-state index contributed by atoms with van der Waals surface area (Å²) in [4.78, 5) is 0. The van der Waals surface area contributed by atoms with Crippen LogP contribution in [0.1, 0.15) is 24.6 Å². The van der Waals surface area contributed by atoms with Crippen LogP contribution < -0.4 is 0 Å².